The van der Waals surface area contributed by atoms with E-state index in [0.717, 1.165) is 11.4 Å². The van der Waals surface area contributed by atoms with Gasteiger partial charge in [0.05, 0.1) is 0 Å². The number of hydrogen-bond donors (Lipinski definition) is 0. The second-order valence-corrected chi connectivity index (χ2v) is 6.35. The van der Waals surface area contributed by atoms with E-state index in [4.69, 9.17) is 11.6 Å². The molecule has 0 radical (unpaired) electrons. The lowest BCUT2D eigenvalue weighted by Gasteiger charge is -2.39. The largest absolute Gasteiger partial charge is 0.299 e. The predicted molar refractivity (Wildman–Crippen MR) is 81.7 cm³/mol. The van der Waals surface area contributed by atoms with Gasteiger partial charge in [0.25, 0.3) is 0 Å². The molecule has 0 spiro atoms. The van der Waals surface area contributed by atoms with Crippen LogP contribution in [0.1, 0.15) is 37.7 Å². The van der Waals surface area contributed by atoms with Crippen LogP contribution in [-0.2, 0) is 6.42 Å². The molecule has 1 heterocycles. The highest BCUT2D eigenvalue weighted by Crippen LogP contribution is 2.35. The monoisotopic (exact) mass is 275 g/mol. The fourth-order valence-corrected chi connectivity index (χ4v) is 3.66. The van der Waals surface area contributed by atoms with E-state index in [0.29, 0.717) is 6.04 Å². The molecule has 1 aliphatic heterocycles. The molecule has 0 aromatic heterocycles. The first-order valence-corrected chi connectivity index (χ1v) is 7.77. The molecular formula is C17H22ClN. The smallest absolute Gasteiger partial charge is 0.0406 e. The fraction of sp³-hybridized carbons (Fsp3) is 0.529. The van der Waals surface area contributed by atoms with Crippen molar-refractivity contribution in [2.24, 2.45) is 0 Å². The van der Waals surface area contributed by atoms with E-state index < -0.39 is 0 Å². The van der Waals surface area contributed by atoms with Crippen LogP contribution in [0.3, 0.4) is 0 Å². The second kappa shape index (κ2) is 5.68. The van der Waals surface area contributed by atoms with Crippen LogP contribution in [0.4, 0.5) is 0 Å². The van der Waals surface area contributed by atoms with E-state index in [1.54, 1.807) is 11.1 Å². The molecule has 1 nitrogen and oxygen atoms in total. The van der Waals surface area contributed by atoms with Crippen LogP contribution in [0.2, 0.25) is 5.02 Å². The van der Waals surface area contributed by atoms with Gasteiger partial charge in [-0.05, 0) is 63.3 Å². The molecule has 19 heavy (non-hydrogen) atoms. The molecule has 0 amide bonds. The summed E-state index contributed by atoms with van der Waals surface area (Å²) in [4.78, 5) is 2.54. The van der Waals surface area contributed by atoms with Crippen molar-refractivity contribution in [3.63, 3.8) is 0 Å². The molecule has 1 aromatic carbocycles. The Morgan fingerprint density at radius 2 is 1.84 bits per heavy atom. The molecule has 2 aliphatic rings. The topological polar surface area (TPSA) is 3.24 Å². The number of halogens is 1. The fourth-order valence-electron chi connectivity index (χ4n) is 3.53. The van der Waals surface area contributed by atoms with Crippen molar-refractivity contribution in [3.8, 4) is 0 Å². The summed E-state index contributed by atoms with van der Waals surface area (Å²) in [5.41, 5.74) is 4.92. The third-order valence-electron chi connectivity index (χ3n) is 4.67. The summed E-state index contributed by atoms with van der Waals surface area (Å²) >= 11 is 5.97. The van der Waals surface area contributed by atoms with Crippen molar-refractivity contribution in [1.82, 2.24) is 4.90 Å². The van der Waals surface area contributed by atoms with Crippen LogP contribution in [0, 0.1) is 0 Å². The molecule has 0 fully saturated rings. The number of benzene rings is 1. The normalized spacial score (nSPS) is 24.4. The number of rotatable bonds is 2. The summed E-state index contributed by atoms with van der Waals surface area (Å²) in [6, 6.07) is 8.98. The highest BCUT2D eigenvalue weighted by molar-refractivity contribution is 6.30. The average molecular weight is 276 g/mol. The summed E-state index contributed by atoms with van der Waals surface area (Å²) in [5, 5.41) is 0.832. The molecule has 1 aliphatic carbocycles. The molecule has 0 saturated heterocycles. The van der Waals surface area contributed by atoms with Gasteiger partial charge in [-0.2, -0.15) is 0 Å². The van der Waals surface area contributed by atoms with Crippen molar-refractivity contribution >= 4 is 11.6 Å². The first-order valence-electron chi connectivity index (χ1n) is 7.39. The highest BCUT2D eigenvalue weighted by atomic mass is 35.5. The third-order valence-corrected chi connectivity index (χ3v) is 4.92. The minimum atomic E-state index is 0.616. The standard InChI is InChI=1S/C17H22ClN/c1-19-11-10-14-4-2-3-5-16(14)17(19)12-13-6-8-15(18)9-7-13/h6-9,17H,2-5,10-12H2,1H3. The molecule has 1 aromatic rings. The minimum absolute atomic E-state index is 0.616. The first-order chi connectivity index (χ1) is 9.24. The van der Waals surface area contributed by atoms with Crippen LogP contribution in [-0.4, -0.2) is 24.5 Å². The summed E-state index contributed by atoms with van der Waals surface area (Å²) in [5.74, 6) is 0. The molecule has 2 heteroatoms. The van der Waals surface area contributed by atoms with E-state index in [1.807, 2.05) is 12.1 Å². The van der Waals surface area contributed by atoms with E-state index in [-0.39, 0.29) is 0 Å². The van der Waals surface area contributed by atoms with Crippen molar-refractivity contribution in [3.05, 3.63) is 46.0 Å². The van der Waals surface area contributed by atoms with Gasteiger partial charge < -0.3 is 0 Å². The van der Waals surface area contributed by atoms with Gasteiger partial charge in [0.2, 0.25) is 0 Å². The zero-order valence-electron chi connectivity index (χ0n) is 11.7. The molecule has 0 N–H and O–H groups in total. The maximum atomic E-state index is 5.97. The molecule has 102 valence electrons. The SMILES string of the molecule is CN1CCC2=C(CCCC2)C1Cc1ccc(Cl)cc1. The zero-order chi connectivity index (χ0) is 13.2. The zero-order valence-corrected chi connectivity index (χ0v) is 12.4. The van der Waals surface area contributed by atoms with Crippen molar-refractivity contribution < 1.29 is 0 Å². The molecule has 0 bridgehead atoms. The van der Waals surface area contributed by atoms with Crippen LogP contribution in [0.15, 0.2) is 35.4 Å². The Kier molecular flexibility index (Phi) is 3.95. The van der Waals surface area contributed by atoms with Gasteiger partial charge in [-0.1, -0.05) is 34.9 Å². The number of likely N-dealkylation sites (N-methyl/N-ethyl adjacent to an activating group) is 1. The van der Waals surface area contributed by atoms with E-state index >= 15 is 0 Å². The minimum Gasteiger partial charge on any atom is -0.299 e. The van der Waals surface area contributed by atoms with Crippen molar-refractivity contribution in [2.45, 2.75) is 44.6 Å². The van der Waals surface area contributed by atoms with Gasteiger partial charge in [0.1, 0.15) is 0 Å². The van der Waals surface area contributed by atoms with Crippen molar-refractivity contribution in [1.29, 1.82) is 0 Å². The summed E-state index contributed by atoms with van der Waals surface area (Å²) < 4.78 is 0. The van der Waals surface area contributed by atoms with Gasteiger partial charge in [-0.15, -0.1) is 0 Å². The second-order valence-electron chi connectivity index (χ2n) is 5.91. The van der Waals surface area contributed by atoms with Crippen LogP contribution < -0.4 is 0 Å². The lowest BCUT2D eigenvalue weighted by atomic mass is 9.81. The van der Waals surface area contributed by atoms with E-state index in [9.17, 15) is 0 Å². The van der Waals surface area contributed by atoms with E-state index in [2.05, 4.69) is 24.1 Å². The van der Waals surface area contributed by atoms with Crippen LogP contribution >= 0.6 is 11.6 Å². The molecule has 0 saturated carbocycles. The lowest BCUT2D eigenvalue weighted by Crippen LogP contribution is -2.40. The van der Waals surface area contributed by atoms with Crippen LogP contribution in [0.5, 0.6) is 0 Å². The Hall–Kier alpha value is -0.790. The van der Waals surface area contributed by atoms with Gasteiger partial charge in [0, 0.05) is 17.6 Å². The Morgan fingerprint density at radius 3 is 2.63 bits per heavy atom. The molecular weight excluding hydrogens is 254 g/mol. The Balaban J connectivity index is 1.82. The number of hydrogen-bond acceptors (Lipinski definition) is 1. The number of nitrogens with zero attached hydrogens (tertiary/aromatic N) is 1. The highest BCUT2D eigenvalue weighted by Gasteiger charge is 2.28. The first kappa shape index (κ1) is 13.2. The third kappa shape index (κ3) is 2.88. The van der Waals surface area contributed by atoms with Gasteiger partial charge in [-0.3, -0.25) is 4.90 Å². The quantitative estimate of drug-likeness (QED) is 0.721. The predicted octanol–water partition coefficient (Wildman–Crippen LogP) is 4.46. The Morgan fingerprint density at radius 1 is 1.11 bits per heavy atom. The maximum Gasteiger partial charge on any atom is 0.0406 e. The molecule has 3 rings (SSSR count). The Bertz CT molecular complexity index is 475. The van der Waals surface area contributed by atoms with Crippen molar-refractivity contribution in [2.75, 3.05) is 13.6 Å². The summed E-state index contributed by atoms with van der Waals surface area (Å²) in [6.45, 7) is 1.22. The van der Waals surface area contributed by atoms with E-state index in [1.165, 1.54) is 44.2 Å². The van der Waals surface area contributed by atoms with Gasteiger partial charge >= 0.3 is 0 Å². The lowest BCUT2D eigenvalue weighted by molar-refractivity contribution is 0.242. The molecule has 1 unspecified atom stereocenters. The van der Waals surface area contributed by atoms with Gasteiger partial charge in [-0.25, -0.2) is 0 Å². The van der Waals surface area contributed by atoms with Gasteiger partial charge in [0.15, 0.2) is 0 Å². The molecule has 1 atom stereocenters. The summed E-state index contributed by atoms with van der Waals surface area (Å²) in [6.07, 6.45) is 7.87. The summed E-state index contributed by atoms with van der Waals surface area (Å²) in [7, 11) is 2.28. The Labute approximate surface area is 121 Å². The van der Waals surface area contributed by atoms with Crippen LogP contribution in [0.25, 0.3) is 0 Å². The maximum absolute atomic E-state index is 5.97. The average Bonchev–Trinajstić information content (AvgIpc) is 2.44.